The van der Waals surface area contributed by atoms with Crippen molar-refractivity contribution in [2.24, 2.45) is 0 Å². The number of carbonyl (C=O) groups excluding carboxylic acids is 1. The molecule has 3 N–H and O–H groups in total. The molecule has 3 aromatic rings. The minimum atomic E-state index is -0.586. The molecule has 0 aliphatic carbocycles. The summed E-state index contributed by atoms with van der Waals surface area (Å²) < 4.78 is 5.50. The molecular weight excluding hydrogens is 408 g/mol. The molecule has 3 heterocycles. The topological polar surface area (TPSA) is 126 Å². The van der Waals surface area contributed by atoms with E-state index in [2.05, 4.69) is 31.3 Å². The average molecular weight is 431 g/mol. The first kappa shape index (κ1) is 21.7. The monoisotopic (exact) mass is 430 g/mol. The summed E-state index contributed by atoms with van der Waals surface area (Å²) >= 11 is 0. The normalized spacial score (nSPS) is 14.2. The molecule has 2 aromatic heterocycles. The summed E-state index contributed by atoms with van der Waals surface area (Å²) in [6.45, 7) is 3.84. The summed E-state index contributed by atoms with van der Waals surface area (Å²) in [5.74, 6) is 0.909. The predicted molar refractivity (Wildman–Crippen MR) is 113 cm³/mol. The van der Waals surface area contributed by atoms with E-state index < -0.39 is 11.5 Å². The number of aryl methyl sites for hydroxylation is 1. The van der Waals surface area contributed by atoms with Crippen LogP contribution in [0.4, 0.5) is 0 Å². The van der Waals surface area contributed by atoms with Gasteiger partial charge in [-0.25, -0.2) is 4.79 Å². The Morgan fingerprint density at radius 2 is 2.07 bits per heavy atom. The highest BCUT2D eigenvalue weighted by molar-refractivity contribution is 5.95. The minimum absolute atomic E-state index is 0. The summed E-state index contributed by atoms with van der Waals surface area (Å²) in [7, 11) is 0. The number of nitrogens with one attached hydrogen (secondary N) is 3. The van der Waals surface area contributed by atoms with Crippen LogP contribution in [0.15, 0.2) is 39.5 Å². The number of rotatable bonds is 5. The fourth-order valence-electron chi connectivity index (χ4n) is 3.59. The smallest absolute Gasteiger partial charge is 0.349 e. The molecule has 1 amide bonds. The zero-order valence-corrected chi connectivity index (χ0v) is 17.3. The second-order valence-corrected chi connectivity index (χ2v) is 7.14. The van der Waals surface area contributed by atoms with E-state index in [0.717, 1.165) is 37.1 Å². The van der Waals surface area contributed by atoms with Crippen LogP contribution in [0.25, 0.3) is 11.4 Å². The Hall–Kier alpha value is -3.04. The van der Waals surface area contributed by atoms with Crippen LogP contribution >= 0.6 is 12.4 Å². The number of amides is 1. The van der Waals surface area contributed by atoms with Gasteiger partial charge in [0.1, 0.15) is 11.3 Å². The molecule has 1 saturated heterocycles. The molecule has 1 aliphatic rings. The third kappa shape index (κ3) is 4.74. The second kappa shape index (κ2) is 9.64. The number of halogens is 1. The minimum Gasteiger partial charge on any atom is -0.427 e. The molecule has 0 radical (unpaired) electrons. The maximum atomic E-state index is 12.6. The van der Waals surface area contributed by atoms with Crippen molar-refractivity contribution in [2.45, 2.75) is 32.2 Å². The van der Waals surface area contributed by atoms with Crippen LogP contribution < -0.4 is 16.3 Å². The molecule has 9 nitrogen and oxygen atoms in total. The van der Waals surface area contributed by atoms with Gasteiger partial charge in [0.25, 0.3) is 5.91 Å². The molecular formula is C20H23ClN6O3. The lowest BCUT2D eigenvalue weighted by molar-refractivity contribution is 0.0945. The summed E-state index contributed by atoms with van der Waals surface area (Å²) in [4.78, 5) is 25.1. The first-order valence-electron chi connectivity index (χ1n) is 9.58. The molecule has 1 fully saturated rings. The van der Waals surface area contributed by atoms with Gasteiger partial charge in [-0.05, 0) is 61.3 Å². The van der Waals surface area contributed by atoms with Gasteiger partial charge in [-0.15, -0.1) is 22.6 Å². The van der Waals surface area contributed by atoms with Crippen LogP contribution in [-0.4, -0.2) is 39.6 Å². The molecule has 1 aromatic carbocycles. The zero-order chi connectivity index (χ0) is 20.2. The quantitative estimate of drug-likeness (QED) is 0.564. The van der Waals surface area contributed by atoms with Crippen molar-refractivity contribution in [3.63, 3.8) is 0 Å². The van der Waals surface area contributed by atoms with E-state index in [4.69, 9.17) is 4.42 Å². The van der Waals surface area contributed by atoms with Crippen molar-refractivity contribution in [1.29, 1.82) is 0 Å². The highest BCUT2D eigenvalue weighted by Crippen LogP contribution is 2.25. The van der Waals surface area contributed by atoms with E-state index in [1.54, 1.807) is 6.92 Å². The lowest BCUT2D eigenvalue weighted by Crippen LogP contribution is -2.30. The highest BCUT2D eigenvalue weighted by Gasteiger charge is 2.22. The van der Waals surface area contributed by atoms with Gasteiger partial charge < -0.3 is 15.1 Å². The van der Waals surface area contributed by atoms with E-state index in [0.29, 0.717) is 17.1 Å². The zero-order valence-electron chi connectivity index (χ0n) is 16.5. The number of carbonyl (C=O) groups is 1. The van der Waals surface area contributed by atoms with Gasteiger partial charge in [0.05, 0.1) is 0 Å². The SMILES string of the molecule is Cc1cc(C2CCNCC2)oc(=O)c1C(=O)NCc1cccc(-c2nn[nH]n2)c1.Cl. The first-order chi connectivity index (χ1) is 14.1. The maximum absolute atomic E-state index is 12.6. The molecule has 0 bridgehead atoms. The van der Waals surface area contributed by atoms with E-state index in [9.17, 15) is 9.59 Å². The van der Waals surface area contributed by atoms with E-state index in [1.165, 1.54) is 0 Å². The third-order valence-corrected chi connectivity index (χ3v) is 5.12. The summed E-state index contributed by atoms with van der Waals surface area (Å²) in [5, 5.41) is 19.9. The Balaban J connectivity index is 0.00000256. The highest BCUT2D eigenvalue weighted by atomic mass is 35.5. The van der Waals surface area contributed by atoms with Gasteiger partial charge in [-0.3, -0.25) is 4.79 Å². The number of hydrogen-bond donors (Lipinski definition) is 3. The Labute approximate surface area is 179 Å². The molecule has 30 heavy (non-hydrogen) atoms. The molecule has 10 heteroatoms. The Bertz CT molecular complexity index is 1060. The van der Waals surface area contributed by atoms with E-state index in [-0.39, 0.29) is 30.4 Å². The van der Waals surface area contributed by atoms with Gasteiger partial charge >= 0.3 is 5.63 Å². The third-order valence-electron chi connectivity index (χ3n) is 5.12. The van der Waals surface area contributed by atoms with Crippen LogP contribution in [-0.2, 0) is 6.54 Å². The van der Waals surface area contributed by atoms with Crippen LogP contribution in [0.2, 0.25) is 0 Å². The Morgan fingerprint density at radius 1 is 1.27 bits per heavy atom. The number of benzene rings is 1. The lowest BCUT2D eigenvalue weighted by Gasteiger charge is -2.21. The van der Waals surface area contributed by atoms with E-state index in [1.807, 2.05) is 30.3 Å². The van der Waals surface area contributed by atoms with Crippen LogP contribution in [0.3, 0.4) is 0 Å². The fraction of sp³-hybridized carbons (Fsp3) is 0.350. The molecule has 4 rings (SSSR count). The first-order valence-corrected chi connectivity index (χ1v) is 9.58. The number of H-pyrrole nitrogens is 1. The van der Waals surface area contributed by atoms with Crippen molar-refractivity contribution in [3.05, 3.63) is 63.2 Å². The van der Waals surface area contributed by atoms with Gasteiger partial charge in [0.2, 0.25) is 5.82 Å². The van der Waals surface area contributed by atoms with Crippen molar-refractivity contribution in [2.75, 3.05) is 13.1 Å². The van der Waals surface area contributed by atoms with Crippen molar-refractivity contribution in [1.82, 2.24) is 31.3 Å². The molecule has 1 aliphatic heterocycles. The van der Waals surface area contributed by atoms with Gasteiger partial charge in [0.15, 0.2) is 0 Å². The number of piperidine rings is 1. The van der Waals surface area contributed by atoms with Gasteiger partial charge in [-0.1, -0.05) is 18.2 Å². The summed E-state index contributed by atoms with van der Waals surface area (Å²) in [6.07, 6.45) is 1.84. The van der Waals surface area contributed by atoms with Crippen LogP contribution in [0.5, 0.6) is 0 Å². The lowest BCUT2D eigenvalue weighted by atomic mass is 9.94. The molecule has 0 spiro atoms. The number of hydrogen-bond acceptors (Lipinski definition) is 7. The molecule has 158 valence electrons. The number of nitrogens with zero attached hydrogens (tertiary/aromatic N) is 3. The fourth-order valence-corrected chi connectivity index (χ4v) is 3.59. The van der Waals surface area contributed by atoms with Gasteiger partial charge in [-0.2, -0.15) is 5.21 Å². The van der Waals surface area contributed by atoms with Crippen molar-refractivity contribution >= 4 is 18.3 Å². The number of tetrazole rings is 1. The Morgan fingerprint density at radius 3 is 2.77 bits per heavy atom. The van der Waals surface area contributed by atoms with Crippen molar-refractivity contribution in [3.8, 4) is 11.4 Å². The summed E-state index contributed by atoms with van der Waals surface area (Å²) in [6, 6.07) is 9.26. The van der Waals surface area contributed by atoms with E-state index >= 15 is 0 Å². The molecule has 0 saturated carbocycles. The van der Waals surface area contributed by atoms with Crippen molar-refractivity contribution < 1.29 is 9.21 Å². The average Bonchev–Trinajstić information content (AvgIpc) is 3.27. The Kier molecular flexibility index (Phi) is 6.96. The van der Waals surface area contributed by atoms with Crippen LogP contribution in [0, 0.1) is 6.92 Å². The standard InChI is InChI=1S/C20H22N6O3.ClH/c1-12-9-16(14-5-7-21-8-6-14)29-20(28)17(12)19(27)22-11-13-3-2-4-15(10-13)18-23-25-26-24-18;/h2-4,9-10,14,21H,5-8,11H2,1H3,(H,22,27)(H,23,24,25,26);1H. The molecule has 0 unspecified atom stereocenters. The van der Waals surface area contributed by atoms with Gasteiger partial charge in [0, 0.05) is 18.0 Å². The maximum Gasteiger partial charge on any atom is 0.349 e. The number of aromatic nitrogens is 4. The summed E-state index contributed by atoms with van der Waals surface area (Å²) in [5.41, 5.74) is 1.74. The largest absolute Gasteiger partial charge is 0.427 e. The molecule has 0 atom stereocenters. The predicted octanol–water partition coefficient (Wildman–Crippen LogP) is 1.95. The second-order valence-electron chi connectivity index (χ2n) is 7.14. The number of aromatic amines is 1. The van der Waals surface area contributed by atoms with Crippen LogP contribution in [0.1, 0.15) is 46.0 Å².